The first-order valence-electron chi connectivity index (χ1n) is 21.2. The molecule has 0 saturated carbocycles. The second-order valence-corrected chi connectivity index (χ2v) is 13.2. The van der Waals surface area contributed by atoms with E-state index in [1.807, 2.05) is 27.7 Å². The maximum atomic E-state index is 11.3. The van der Waals surface area contributed by atoms with E-state index in [1.54, 1.807) is 81.0 Å². The number of aliphatic hydroxyl groups is 2. The van der Waals surface area contributed by atoms with E-state index < -0.39 is 29.9 Å². The van der Waals surface area contributed by atoms with E-state index in [0.717, 1.165) is 18.6 Å². The Morgan fingerprint density at radius 2 is 1.25 bits per heavy atom. The summed E-state index contributed by atoms with van der Waals surface area (Å²) in [5.41, 5.74) is 0. The molecule has 4 heterocycles. The summed E-state index contributed by atoms with van der Waals surface area (Å²) in [6.45, 7) is 17.6. The molecule has 0 bridgehead atoms. The van der Waals surface area contributed by atoms with Gasteiger partial charge in [0.1, 0.15) is 35.3 Å². The number of Topliss-reactive ketones (excluding diaryl/α,β-unsaturated/α-hetero) is 3. The molecule has 0 spiro atoms. The van der Waals surface area contributed by atoms with Gasteiger partial charge in [-0.1, -0.05) is 40.7 Å². The van der Waals surface area contributed by atoms with E-state index in [1.165, 1.54) is 52.7 Å². The molecule has 0 aliphatic carbocycles. The van der Waals surface area contributed by atoms with Crippen LogP contribution in [0.4, 0.5) is 0 Å². The summed E-state index contributed by atoms with van der Waals surface area (Å²) in [7, 11) is 2.45. The number of hydrogen-bond acceptors (Lipinski definition) is 17. The first kappa shape index (κ1) is 64.3. The quantitative estimate of drug-likeness (QED) is 0.0235. The lowest BCUT2D eigenvalue weighted by Crippen LogP contribution is -2.13. The summed E-state index contributed by atoms with van der Waals surface area (Å²) in [6, 6.07) is 14.0. The third kappa shape index (κ3) is 36.0. The summed E-state index contributed by atoms with van der Waals surface area (Å²) >= 11 is 0. The van der Waals surface area contributed by atoms with Crippen molar-refractivity contribution in [2.45, 2.75) is 106 Å². The minimum Gasteiger partial charge on any atom is -0.467 e. The molecule has 3 unspecified atom stereocenters. The Labute approximate surface area is 392 Å². The van der Waals surface area contributed by atoms with Crippen LogP contribution in [-0.4, -0.2) is 77.9 Å². The van der Waals surface area contributed by atoms with Crippen molar-refractivity contribution in [3.63, 3.8) is 0 Å². The van der Waals surface area contributed by atoms with Crippen molar-refractivity contribution >= 4 is 52.9 Å². The van der Waals surface area contributed by atoms with Gasteiger partial charge < -0.3 is 46.9 Å². The summed E-state index contributed by atoms with van der Waals surface area (Å²) in [5.74, 6) is 0.463. The van der Waals surface area contributed by atoms with Crippen molar-refractivity contribution in [2.75, 3.05) is 20.8 Å². The zero-order chi connectivity index (χ0) is 51.6. The second-order valence-electron chi connectivity index (χ2n) is 13.2. The molecule has 67 heavy (non-hydrogen) atoms. The van der Waals surface area contributed by atoms with Gasteiger partial charge in [0.25, 0.3) is 0 Å². The Hall–Kier alpha value is -6.98. The number of carbonyl (C=O) groups is 8. The lowest BCUT2D eigenvalue weighted by molar-refractivity contribution is -0.151. The van der Waals surface area contributed by atoms with Crippen LogP contribution in [0.15, 0.2) is 122 Å². The Morgan fingerprint density at radius 1 is 0.687 bits per heavy atom. The van der Waals surface area contributed by atoms with Crippen molar-refractivity contribution in [3.8, 4) is 0 Å². The summed E-state index contributed by atoms with van der Waals surface area (Å²) in [5, 5.41) is 18.1. The predicted octanol–water partition coefficient (Wildman–Crippen LogP) is 9.36. The molecule has 0 radical (unpaired) electrons. The molecule has 17 heteroatoms. The number of allylic oxidation sites excluding steroid dienone is 2. The fourth-order valence-corrected chi connectivity index (χ4v) is 3.81. The van der Waals surface area contributed by atoms with Gasteiger partial charge in [0.2, 0.25) is 11.6 Å². The topological polar surface area (TPSA) is 257 Å². The highest BCUT2D eigenvalue weighted by Gasteiger charge is 2.15. The zero-order valence-electron chi connectivity index (χ0n) is 40.2. The highest BCUT2D eigenvalue weighted by molar-refractivity contribution is 6.33. The van der Waals surface area contributed by atoms with Crippen LogP contribution in [0.25, 0.3) is 6.08 Å². The molecular formula is C50H68O17. The minimum atomic E-state index is -0.757. The van der Waals surface area contributed by atoms with Gasteiger partial charge in [-0.25, -0.2) is 9.59 Å². The number of hydrogen-bond donors (Lipinski definition) is 2. The van der Waals surface area contributed by atoms with Gasteiger partial charge >= 0.3 is 17.9 Å². The number of rotatable bonds is 18. The van der Waals surface area contributed by atoms with E-state index in [2.05, 4.69) is 20.8 Å². The summed E-state index contributed by atoms with van der Waals surface area (Å²) < 4.78 is 32.7. The highest BCUT2D eigenvalue weighted by atomic mass is 16.5. The Morgan fingerprint density at radius 3 is 1.64 bits per heavy atom. The van der Waals surface area contributed by atoms with Gasteiger partial charge in [-0.15, -0.1) is 6.58 Å². The van der Waals surface area contributed by atoms with Crippen LogP contribution in [-0.2, 0) is 47.8 Å². The molecule has 0 amide bonds. The zero-order valence-corrected chi connectivity index (χ0v) is 40.2. The van der Waals surface area contributed by atoms with Gasteiger partial charge in [-0.3, -0.25) is 24.0 Å². The van der Waals surface area contributed by atoms with Crippen LogP contribution in [0, 0.1) is 5.92 Å². The van der Waals surface area contributed by atoms with E-state index in [9.17, 15) is 38.4 Å². The third-order valence-electron chi connectivity index (χ3n) is 7.84. The maximum absolute atomic E-state index is 11.3. The number of furan rings is 4. The van der Waals surface area contributed by atoms with Crippen molar-refractivity contribution in [1.29, 1.82) is 0 Å². The molecule has 0 aliphatic rings. The molecule has 4 rings (SSSR count). The van der Waals surface area contributed by atoms with E-state index in [4.69, 9.17) is 27.9 Å². The monoisotopic (exact) mass is 940 g/mol. The third-order valence-corrected chi connectivity index (χ3v) is 7.84. The fraction of sp³-hybridized carbons (Fsp3) is 0.400. The number of ketones is 5. The fourth-order valence-electron chi connectivity index (χ4n) is 3.81. The Kier molecular flexibility index (Phi) is 40.0. The molecule has 0 aliphatic heterocycles. The average molecular weight is 941 g/mol. The molecule has 4 aromatic rings. The lowest BCUT2D eigenvalue weighted by Gasteiger charge is -2.02. The first-order valence-corrected chi connectivity index (χ1v) is 21.2. The van der Waals surface area contributed by atoms with Gasteiger partial charge in [-0.2, -0.15) is 0 Å². The van der Waals surface area contributed by atoms with Gasteiger partial charge in [0.05, 0.1) is 52.3 Å². The van der Waals surface area contributed by atoms with Crippen LogP contribution in [0.2, 0.25) is 0 Å². The molecule has 0 saturated heterocycles. The maximum Gasteiger partial charge on any atom is 0.374 e. The molecular weight excluding hydrogens is 873 g/mol. The highest BCUT2D eigenvalue weighted by Crippen LogP contribution is 2.15. The standard InChI is InChI=1S/C9H12O2.C9H10O2.C7H12O3.C7H10O2.C7H8O2.C6H8O3.C5H8O3/c1-3-7(2)9(10)8-5-4-6-11-8;1-2-8(10)5-6-9-4-3-7-11-9;1-3-10-7(9)5-4-6(2)8;2*1-2-6(8)7-4-3-5-9-7;1-5(7)3-4-6(8)9-2;1-3-4(6)5(7)8-2/h4-7H,3H2,1-2H3;3-7H,2H2,1H3;3-5H2,1-2H3;3-6,8H,2H2,1H3;2-6,8H,1H2;3-4H,1-2H3;3H2,1-2H3/b;6-5+;;;;4-3+;. The smallest absolute Gasteiger partial charge is 0.374 e. The van der Waals surface area contributed by atoms with Gasteiger partial charge in [0.15, 0.2) is 17.3 Å². The Bertz CT molecular complexity index is 1970. The van der Waals surface area contributed by atoms with Crippen LogP contribution >= 0.6 is 0 Å². The normalized spacial score (nSPS) is 11.0. The van der Waals surface area contributed by atoms with Crippen molar-refractivity contribution in [3.05, 3.63) is 128 Å². The van der Waals surface area contributed by atoms with Crippen LogP contribution < -0.4 is 0 Å². The van der Waals surface area contributed by atoms with Crippen LogP contribution in [0.3, 0.4) is 0 Å². The molecule has 0 aromatic carbocycles. The van der Waals surface area contributed by atoms with E-state index >= 15 is 0 Å². The summed E-state index contributed by atoms with van der Waals surface area (Å²) in [4.78, 5) is 83.9. The molecule has 3 atom stereocenters. The number of esters is 3. The molecule has 0 fully saturated rings. The van der Waals surface area contributed by atoms with E-state index in [0.29, 0.717) is 48.9 Å². The van der Waals surface area contributed by atoms with Crippen LogP contribution in [0.1, 0.15) is 134 Å². The predicted molar refractivity (Wildman–Crippen MR) is 249 cm³/mol. The molecule has 370 valence electrons. The SMILES string of the molecule is C=CC(O)c1ccco1.CCC(=O)/C=C/c1ccco1.CCC(=O)C(=O)OC.CCC(C)C(=O)c1ccco1.CCC(O)c1ccco1.CCOC(=O)CCC(C)=O.COC(=O)/C=C/C(C)=O. The second kappa shape index (κ2) is 41.7. The molecule has 2 N–H and O–H groups in total. The average Bonchev–Trinajstić information content (AvgIpc) is 4.21. The van der Waals surface area contributed by atoms with Gasteiger partial charge in [-0.05, 0) is 100 Å². The van der Waals surface area contributed by atoms with Crippen molar-refractivity contribution in [2.24, 2.45) is 5.92 Å². The van der Waals surface area contributed by atoms with Crippen LogP contribution in [0.5, 0.6) is 0 Å². The minimum absolute atomic E-state index is 0.0213. The lowest BCUT2D eigenvalue weighted by atomic mass is 10.0. The summed E-state index contributed by atoms with van der Waals surface area (Å²) in [6.07, 6.45) is 14.8. The van der Waals surface area contributed by atoms with Crippen molar-refractivity contribution in [1.82, 2.24) is 0 Å². The molecule has 4 aromatic heterocycles. The van der Waals surface area contributed by atoms with E-state index in [-0.39, 0.29) is 47.9 Å². The largest absolute Gasteiger partial charge is 0.467 e. The number of methoxy groups -OCH3 is 2. The number of ether oxygens (including phenoxy) is 3. The number of carbonyl (C=O) groups excluding carboxylic acids is 8. The van der Waals surface area contributed by atoms with Gasteiger partial charge in [0, 0.05) is 31.3 Å². The van der Waals surface area contributed by atoms with Crippen molar-refractivity contribution < 1.29 is 80.4 Å². The molecule has 17 nitrogen and oxygen atoms in total. The number of aliphatic hydroxyl groups excluding tert-OH is 2. The Balaban J connectivity index is -0.000000715. The first-order chi connectivity index (χ1) is 31.8.